The van der Waals surface area contributed by atoms with Crippen LogP contribution in [0.2, 0.25) is 5.02 Å². The smallest absolute Gasteiger partial charge is 0.211 e. The average Bonchev–Trinajstić information content (AvgIpc) is 2.46. The largest absolute Gasteiger partial charge is 0.355 e. The quantitative estimate of drug-likeness (QED) is 0.394. The van der Waals surface area contributed by atoms with E-state index in [1.54, 1.807) is 14.0 Å². The van der Waals surface area contributed by atoms with Crippen molar-refractivity contribution < 1.29 is 8.42 Å². The Morgan fingerprint density at radius 2 is 2.05 bits per heavy atom. The van der Waals surface area contributed by atoms with Gasteiger partial charge in [0.1, 0.15) is 0 Å². The minimum atomic E-state index is -3.15. The van der Waals surface area contributed by atoms with Gasteiger partial charge in [-0.2, -0.15) is 0 Å². The maximum absolute atomic E-state index is 11.3. The van der Waals surface area contributed by atoms with Crippen molar-refractivity contribution in [2.75, 3.05) is 25.9 Å². The third-order valence-corrected chi connectivity index (χ3v) is 4.33. The molecule has 0 atom stereocenters. The lowest BCUT2D eigenvalue weighted by atomic mass is 10.2. The third-order valence-electron chi connectivity index (χ3n) is 2.69. The number of rotatable bonds is 7. The first-order valence-electron chi connectivity index (χ1n) is 6.63. The van der Waals surface area contributed by atoms with Crippen LogP contribution < -0.4 is 15.4 Å². The summed E-state index contributed by atoms with van der Waals surface area (Å²) in [7, 11) is -1.49. The van der Waals surface area contributed by atoms with Crippen LogP contribution in [-0.2, 0) is 16.6 Å². The van der Waals surface area contributed by atoms with Crippen LogP contribution in [0.25, 0.3) is 0 Å². The van der Waals surface area contributed by atoms with Crippen molar-refractivity contribution in [3.63, 3.8) is 0 Å². The molecule has 0 aromatic heterocycles. The summed E-state index contributed by atoms with van der Waals surface area (Å²) in [4.78, 5) is 4.06. The van der Waals surface area contributed by atoms with Gasteiger partial charge in [0.15, 0.2) is 5.96 Å². The van der Waals surface area contributed by atoms with Crippen LogP contribution in [0.4, 0.5) is 0 Å². The maximum Gasteiger partial charge on any atom is 0.211 e. The van der Waals surface area contributed by atoms with Crippen molar-refractivity contribution in [1.82, 2.24) is 15.4 Å². The highest BCUT2D eigenvalue weighted by Crippen LogP contribution is 2.09. The fourth-order valence-electron chi connectivity index (χ4n) is 1.54. The fraction of sp³-hybridized carbons (Fsp3) is 0.462. The second-order valence-electron chi connectivity index (χ2n) is 4.28. The monoisotopic (exact) mass is 332 g/mol. The van der Waals surface area contributed by atoms with Crippen LogP contribution in [0.5, 0.6) is 0 Å². The van der Waals surface area contributed by atoms with Gasteiger partial charge in [-0.1, -0.05) is 23.7 Å². The Balaban J connectivity index is 2.33. The summed E-state index contributed by atoms with van der Waals surface area (Å²) in [5.41, 5.74) is 1.04. The van der Waals surface area contributed by atoms with Crippen LogP contribution in [0.1, 0.15) is 12.5 Å². The molecule has 0 spiro atoms. The Kier molecular flexibility index (Phi) is 7.49. The number of halogens is 1. The molecule has 6 nitrogen and oxygen atoms in total. The molecule has 0 amide bonds. The van der Waals surface area contributed by atoms with E-state index in [9.17, 15) is 8.42 Å². The van der Waals surface area contributed by atoms with Gasteiger partial charge >= 0.3 is 0 Å². The van der Waals surface area contributed by atoms with Gasteiger partial charge in [-0.05, 0) is 24.6 Å². The lowest BCUT2D eigenvalue weighted by molar-refractivity contribution is 0.582. The Morgan fingerprint density at radius 1 is 1.29 bits per heavy atom. The van der Waals surface area contributed by atoms with Gasteiger partial charge in [-0.3, -0.25) is 4.99 Å². The first kappa shape index (κ1) is 17.7. The summed E-state index contributed by atoms with van der Waals surface area (Å²) in [5.74, 6) is 0.681. The van der Waals surface area contributed by atoms with Gasteiger partial charge in [0.2, 0.25) is 10.0 Å². The summed E-state index contributed by atoms with van der Waals surface area (Å²) >= 11 is 5.91. The number of guanidine groups is 1. The van der Waals surface area contributed by atoms with E-state index in [0.717, 1.165) is 5.56 Å². The van der Waals surface area contributed by atoms with Crippen LogP contribution in [0.15, 0.2) is 29.3 Å². The molecule has 0 fully saturated rings. The van der Waals surface area contributed by atoms with E-state index in [4.69, 9.17) is 11.6 Å². The van der Waals surface area contributed by atoms with Crippen molar-refractivity contribution >= 4 is 27.6 Å². The van der Waals surface area contributed by atoms with Crippen LogP contribution in [-0.4, -0.2) is 40.3 Å². The Hall–Kier alpha value is -1.31. The van der Waals surface area contributed by atoms with Gasteiger partial charge in [0.25, 0.3) is 0 Å². The highest BCUT2D eigenvalue weighted by Gasteiger charge is 2.05. The molecule has 118 valence electrons. The molecule has 0 unspecified atom stereocenters. The van der Waals surface area contributed by atoms with Crippen molar-refractivity contribution in [2.45, 2.75) is 13.5 Å². The van der Waals surface area contributed by atoms with Gasteiger partial charge < -0.3 is 10.6 Å². The highest BCUT2D eigenvalue weighted by atomic mass is 35.5. The lowest BCUT2D eigenvalue weighted by Crippen LogP contribution is -2.41. The fourth-order valence-corrected chi connectivity index (χ4v) is 2.37. The molecule has 1 aromatic rings. The third kappa shape index (κ3) is 7.31. The van der Waals surface area contributed by atoms with Gasteiger partial charge in [0.05, 0.1) is 5.75 Å². The standard InChI is InChI=1S/C13H21ClN4O2S/c1-3-21(19,20)18-8-7-16-13(15-2)17-10-11-5-4-6-12(14)9-11/h4-6,9,18H,3,7-8,10H2,1-2H3,(H2,15,16,17). The van der Waals surface area contributed by atoms with E-state index in [1.165, 1.54) is 0 Å². The first-order valence-corrected chi connectivity index (χ1v) is 8.66. The van der Waals surface area contributed by atoms with E-state index in [-0.39, 0.29) is 5.75 Å². The Bertz CT molecular complexity index is 575. The summed E-state index contributed by atoms with van der Waals surface area (Å²) < 4.78 is 25.0. The molecule has 0 saturated carbocycles. The molecule has 3 N–H and O–H groups in total. The first-order chi connectivity index (χ1) is 9.96. The minimum Gasteiger partial charge on any atom is -0.355 e. The topological polar surface area (TPSA) is 82.6 Å². The molecule has 8 heteroatoms. The maximum atomic E-state index is 11.3. The van der Waals surface area contributed by atoms with Crippen LogP contribution >= 0.6 is 11.6 Å². The molecule has 1 aromatic carbocycles. The summed E-state index contributed by atoms with van der Waals surface area (Å²) in [6.07, 6.45) is 0. The van der Waals surface area contributed by atoms with Gasteiger partial charge in [-0.15, -0.1) is 0 Å². The number of sulfonamides is 1. The molecule has 0 saturated heterocycles. The molecule has 21 heavy (non-hydrogen) atoms. The normalized spacial score (nSPS) is 12.2. The van der Waals surface area contributed by atoms with Crippen LogP contribution in [0.3, 0.4) is 0 Å². The number of hydrogen-bond acceptors (Lipinski definition) is 3. The highest BCUT2D eigenvalue weighted by molar-refractivity contribution is 7.89. The average molecular weight is 333 g/mol. The van der Waals surface area contributed by atoms with Gasteiger partial charge in [-0.25, -0.2) is 13.1 Å². The zero-order chi connectivity index (χ0) is 15.7. The van der Waals surface area contributed by atoms with Gasteiger partial charge in [0, 0.05) is 31.7 Å². The van der Waals surface area contributed by atoms with Crippen molar-refractivity contribution in [1.29, 1.82) is 0 Å². The van der Waals surface area contributed by atoms with Crippen molar-refractivity contribution in [3.8, 4) is 0 Å². The minimum absolute atomic E-state index is 0.0781. The number of hydrogen-bond donors (Lipinski definition) is 3. The zero-order valence-corrected chi connectivity index (χ0v) is 13.8. The summed E-state index contributed by atoms with van der Waals surface area (Å²) in [6, 6.07) is 7.53. The number of nitrogens with one attached hydrogen (secondary N) is 3. The molecule has 0 bridgehead atoms. The van der Waals surface area contributed by atoms with Crippen LogP contribution in [0, 0.1) is 0 Å². The number of aliphatic imine (C=N–C) groups is 1. The Labute approximate surface area is 131 Å². The van der Waals surface area contributed by atoms with Crippen molar-refractivity contribution in [3.05, 3.63) is 34.9 Å². The molecule has 0 radical (unpaired) electrons. The molecule has 0 aliphatic rings. The predicted octanol–water partition coefficient (Wildman–Crippen LogP) is 0.944. The number of benzene rings is 1. The van der Waals surface area contributed by atoms with E-state index in [1.807, 2.05) is 24.3 Å². The molecule has 0 heterocycles. The molecule has 1 rings (SSSR count). The second-order valence-corrected chi connectivity index (χ2v) is 6.81. The van der Waals surface area contributed by atoms with E-state index in [2.05, 4.69) is 20.3 Å². The molecule has 0 aliphatic carbocycles. The summed E-state index contributed by atoms with van der Waals surface area (Å²) in [5, 5.41) is 6.84. The van der Waals surface area contributed by atoms with E-state index in [0.29, 0.717) is 30.6 Å². The SMILES string of the molecule is CCS(=O)(=O)NCCNC(=NC)NCc1cccc(Cl)c1. The van der Waals surface area contributed by atoms with Crippen molar-refractivity contribution in [2.24, 2.45) is 4.99 Å². The number of nitrogens with zero attached hydrogens (tertiary/aromatic N) is 1. The predicted molar refractivity (Wildman–Crippen MR) is 87.1 cm³/mol. The van der Waals surface area contributed by atoms with E-state index >= 15 is 0 Å². The molecular formula is C13H21ClN4O2S. The lowest BCUT2D eigenvalue weighted by Gasteiger charge is -2.12. The molecular weight excluding hydrogens is 312 g/mol. The zero-order valence-electron chi connectivity index (χ0n) is 12.2. The van der Waals surface area contributed by atoms with E-state index < -0.39 is 10.0 Å². The second kappa shape index (κ2) is 8.86. The Morgan fingerprint density at radius 3 is 2.67 bits per heavy atom. The molecule has 0 aliphatic heterocycles. The summed E-state index contributed by atoms with van der Waals surface area (Å²) in [6.45, 7) is 2.95.